The average molecular weight is 433 g/mol. The summed E-state index contributed by atoms with van der Waals surface area (Å²) in [6, 6.07) is 19.2. The van der Waals surface area contributed by atoms with E-state index in [9.17, 15) is 4.79 Å². The van der Waals surface area contributed by atoms with Crippen molar-refractivity contribution >= 4 is 17.4 Å². The number of carbonyl (C=O) groups is 1. The lowest BCUT2D eigenvalue weighted by Gasteiger charge is -2.32. The zero-order valence-electron chi connectivity index (χ0n) is 18.5. The second kappa shape index (κ2) is 10.1. The molecule has 4 rings (SSSR count). The van der Waals surface area contributed by atoms with E-state index in [1.54, 1.807) is 7.11 Å². The maximum atomic E-state index is 13.0. The minimum atomic E-state index is -0.130. The van der Waals surface area contributed by atoms with Crippen LogP contribution in [0.3, 0.4) is 0 Å². The molecule has 1 fully saturated rings. The number of nitrogens with one attached hydrogen (secondary N) is 1. The molecule has 3 aromatic rings. The predicted molar refractivity (Wildman–Crippen MR) is 125 cm³/mol. The first-order chi connectivity index (χ1) is 15.7. The van der Waals surface area contributed by atoms with Gasteiger partial charge < -0.3 is 19.7 Å². The Morgan fingerprint density at radius 1 is 1.06 bits per heavy atom. The van der Waals surface area contributed by atoms with E-state index in [2.05, 4.69) is 20.4 Å². The number of nitrogens with zero attached hydrogens (tertiary/aromatic N) is 3. The van der Waals surface area contributed by atoms with Gasteiger partial charge >= 0.3 is 0 Å². The van der Waals surface area contributed by atoms with Gasteiger partial charge in [-0.2, -0.15) is 0 Å². The third-order valence-corrected chi connectivity index (χ3v) is 5.59. The smallest absolute Gasteiger partial charge is 0.229 e. The number of carbonyl (C=O) groups excluding carboxylic acids is 1. The van der Waals surface area contributed by atoms with Gasteiger partial charge in [-0.3, -0.25) is 4.79 Å². The molecule has 1 aromatic heterocycles. The van der Waals surface area contributed by atoms with Gasteiger partial charge in [0.2, 0.25) is 5.91 Å². The van der Waals surface area contributed by atoms with Crippen LogP contribution in [0.15, 0.2) is 60.7 Å². The molecule has 2 aromatic carbocycles. The molecule has 0 radical (unpaired) electrons. The maximum Gasteiger partial charge on any atom is 0.229 e. The molecule has 7 nitrogen and oxygen atoms in total. The molecular formula is C25H28N4O3. The lowest BCUT2D eigenvalue weighted by atomic mass is 9.97. The summed E-state index contributed by atoms with van der Waals surface area (Å²) in [5.41, 5.74) is 2.36. The van der Waals surface area contributed by atoms with Crippen LogP contribution in [-0.2, 0) is 4.79 Å². The Balaban J connectivity index is 1.44. The van der Waals surface area contributed by atoms with E-state index in [4.69, 9.17) is 9.47 Å². The van der Waals surface area contributed by atoms with E-state index in [-0.39, 0.29) is 11.8 Å². The molecule has 0 spiro atoms. The number of benzene rings is 2. The molecule has 0 aliphatic carbocycles. The van der Waals surface area contributed by atoms with Crippen molar-refractivity contribution in [1.82, 2.24) is 10.2 Å². The first kappa shape index (κ1) is 21.6. The van der Waals surface area contributed by atoms with Crippen molar-refractivity contribution in [1.29, 1.82) is 0 Å². The van der Waals surface area contributed by atoms with E-state index in [0.29, 0.717) is 24.6 Å². The van der Waals surface area contributed by atoms with Crippen molar-refractivity contribution in [2.24, 2.45) is 5.92 Å². The lowest BCUT2D eigenvalue weighted by molar-refractivity contribution is -0.120. The van der Waals surface area contributed by atoms with Gasteiger partial charge in [-0.1, -0.05) is 24.3 Å². The average Bonchev–Trinajstić information content (AvgIpc) is 2.85. The van der Waals surface area contributed by atoms with E-state index in [0.717, 1.165) is 42.2 Å². The van der Waals surface area contributed by atoms with Crippen molar-refractivity contribution in [3.05, 3.63) is 60.7 Å². The Labute approximate surface area is 188 Å². The first-order valence-electron chi connectivity index (χ1n) is 10.9. The van der Waals surface area contributed by atoms with Gasteiger partial charge in [0, 0.05) is 18.7 Å². The van der Waals surface area contributed by atoms with E-state index >= 15 is 0 Å². The fraction of sp³-hybridized carbons (Fsp3) is 0.320. The van der Waals surface area contributed by atoms with Crippen molar-refractivity contribution < 1.29 is 14.3 Å². The third-order valence-electron chi connectivity index (χ3n) is 5.59. The van der Waals surface area contributed by atoms with Crippen LogP contribution in [0.1, 0.15) is 19.8 Å². The molecule has 1 unspecified atom stereocenters. The number of aromatic nitrogens is 2. The Kier molecular flexibility index (Phi) is 6.84. The van der Waals surface area contributed by atoms with Gasteiger partial charge in [-0.25, -0.2) is 0 Å². The number of rotatable bonds is 7. The molecule has 0 saturated carbocycles. The van der Waals surface area contributed by atoms with Crippen molar-refractivity contribution in [2.75, 3.05) is 37.0 Å². The van der Waals surface area contributed by atoms with Crippen molar-refractivity contribution in [2.45, 2.75) is 19.8 Å². The molecule has 1 aliphatic heterocycles. The number of hydrogen-bond donors (Lipinski definition) is 1. The summed E-state index contributed by atoms with van der Waals surface area (Å²) in [6.07, 6.45) is 1.76. The summed E-state index contributed by atoms with van der Waals surface area (Å²) in [4.78, 5) is 15.1. The third kappa shape index (κ3) is 4.82. The highest BCUT2D eigenvalue weighted by atomic mass is 16.5. The first-order valence-corrected chi connectivity index (χ1v) is 10.9. The summed E-state index contributed by atoms with van der Waals surface area (Å²) in [6.45, 7) is 3.93. The van der Waals surface area contributed by atoms with Crippen LogP contribution in [0.2, 0.25) is 0 Å². The topological polar surface area (TPSA) is 76.6 Å². The number of methoxy groups -OCH3 is 1. The second-order valence-electron chi connectivity index (χ2n) is 7.68. The van der Waals surface area contributed by atoms with Gasteiger partial charge in [0.1, 0.15) is 11.5 Å². The standard InChI is InChI=1S/C25H28N4O3/c1-3-32-23-13-7-5-11-21(23)26-25(30)18-9-8-16-29(17-18)24-15-14-20(27-28-24)19-10-4-6-12-22(19)31-2/h4-7,10-15,18H,3,8-9,16-17H2,1-2H3,(H,26,30). The van der Waals surface area contributed by atoms with Gasteiger partial charge in [0.15, 0.2) is 5.82 Å². The van der Waals surface area contributed by atoms with Crippen LogP contribution in [0.4, 0.5) is 11.5 Å². The van der Waals surface area contributed by atoms with Crippen LogP contribution in [-0.4, -0.2) is 42.9 Å². The minimum absolute atomic E-state index is 0.000421. The summed E-state index contributed by atoms with van der Waals surface area (Å²) in [7, 11) is 1.65. The van der Waals surface area contributed by atoms with Crippen LogP contribution in [0.25, 0.3) is 11.3 Å². The van der Waals surface area contributed by atoms with Crippen LogP contribution in [0.5, 0.6) is 11.5 Å². The highest BCUT2D eigenvalue weighted by molar-refractivity contribution is 5.94. The number of anilines is 2. The predicted octanol–water partition coefficient (Wildman–Crippen LogP) is 4.41. The van der Waals surface area contributed by atoms with E-state index in [1.807, 2.05) is 67.6 Å². The quantitative estimate of drug-likeness (QED) is 0.596. The van der Waals surface area contributed by atoms with Gasteiger partial charge in [-0.15, -0.1) is 10.2 Å². The van der Waals surface area contributed by atoms with E-state index in [1.165, 1.54) is 0 Å². The van der Waals surface area contributed by atoms with Crippen molar-refractivity contribution in [3.8, 4) is 22.8 Å². The number of para-hydroxylation sites is 3. The molecule has 166 valence electrons. The number of piperidine rings is 1. The largest absolute Gasteiger partial charge is 0.496 e. The Morgan fingerprint density at radius 2 is 1.84 bits per heavy atom. The maximum absolute atomic E-state index is 13.0. The van der Waals surface area contributed by atoms with Crippen LogP contribution < -0.4 is 19.7 Å². The molecule has 1 amide bonds. The Morgan fingerprint density at radius 3 is 2.59 bits per heavy atom. The fourth-order valence-corrected chi connectivity index (χ4v) is 3.98. The van der Waals surface area contributed by atoms with Crippen LogP contribution in [0, 0.1) is 5.92 Å². The van der Waals surface area contributed by atoms with Crippen LogP contribution >= 0.6 is 0 Å². The molecule has 2 heterocycles. The van der Waals surface area contributed by atoms with Gasteiger partial charge in [0.05, 0.1) is 31.0 Å². The summed E-state index contributed by atoms with van der Waals surface area (Å²) in [5, 5.41) is 11.9. The molecule has 0 bridgehead atoms. The second-order valence-corrected chi connectivity index (χ2v) is 7.68. The molecule has 7 heteroatoms. The van der Waals surface area contributed by atoms with Gasteiger partial charge in [0.25, 0.3) is 0 Å². The highest BCUT2D eigenvalue weighted by Gasteiger charge is 2.27. The molecule has 32 heavy (non-hydrogen) atoms. The minimum Gasteiger partial charge on any atom is -0.496 e. The number of ether oxygens (including phenoxy) is 2. The Hall–Kier alpha value is -3.61. The van der Waals surface area contributed by atoms with Gasteiger partial charge in [-0.05, 0) is 56.2 Å². The SMILES string of the molecule is CCOc1ccccc1NC(=O)C1CCCN(c2ccc(-c3ccccc3OC)nn2)C1. The summed E-state index contributed by atoms with van der Waals surface area (Å²) < 4.78 is 11.1. The highest BCUT2D eigenvalue weighted by Crippen LogP contribution is 2.30. The number of hydrogen-bond acceptors (Lipinski definition) is 6. The zero-order valence-corrected chi connectivity index (χ0v) is 18.5. The summed E-state index contributed by atoms with van der Waals surface area (Å²) in [5.74, 6) is 2.09. The van der Waals surface area contributed by atoms with E-state index < -0.39 is 0 Å². The molecular weight excluding hydrogens is 404 g/mol. The fourth-order valence-electron chi connectivity index (χ4n) is 3.98. The number of amides is 1. The monoisotopic (exact) mass is 432 g/mol. The molecule has 1 aliphatic rings. The summed E-state index contributed by atoms with van der Waals surface area (Å²) >= 11 is 0. The normalized spacial score (nSPS) is 15.8. The zero-order chi connectivity index (χ0) is 22.3. The van der Waals surface area contributed by atoms with Crippen molar-refractivity contribution in [3.63, 3.8) is 0 Å². The molecule has 1 atom stereocenters. The molecule has 1 N–H and O–H groups in total. The molecule has 1 saturated heterocycles. The Bertz CT molecular complexity index is 1060. The lowest BCUT2D eigenvalue weighted by Crippen LogP contribution is -2.41.